The smallest absolute Gasteiger partial charge is 0.371 e. The lowest BCUT2D eigenvalue weighted by molar-refractivity contribution is -0.138. The summed E-state index contributed by atoms with van der Waals surface area (Å²) in [4.78, 5) is 13.0. The van der Waals surface area contributed by atoms with Crippen molar-refractivity contribution in [1.82, 2.24) is 0 Å². The number of nitrogens with two attached hydrogens (primary N) is 1. The van der Waals surface area contributed by atoms with Crippen molar-refractivity contribution < 1.29 is 18.0 Å². The highest BCUT2D eigenvalue weighted by atomic mass is 19.4. The molecule has 1 aromatic rings. The molecule has 1 saturated heterocycles. The summed E-state index contributed by atoms with van der Waals surface area (Å²) < 4.78 is 39.7. The van der Waals surface area contributed by atoms with Crippen molar-refractivity contribution in [3.63, 3.8) is 0 Å². The van der Waals surface area contributed by atoms with Gasteiger partial charge in [0.05, 0.1) is 5.56 Å². The van der Waals surface area contributed by atoms with Crippen LogP contribution in [0.1, 0.15) is 43.7 Å². The molecule has 1 aliphatic rings. The molecule has 6 heteroatoms. The maximum atomic E-state index is 13.2. The Bertz CT molecular complexity index is 547. The number of hydrogen-bond donors (Lipinski definition) is 1. The number of carbonyl (C=O) groups is 1. The molecule has 1 amide bonds. The molecule has 1 aliphatic heterocycles. The summed E-state index contributed by atoms with van der Waals surface area (Å²) in [5.41, 5.74) is 5.57. The molecule has 0 unspecified atom stereocenters. The number of halogens is 3. The quantitative estimate of drug-likeness (QED) is 0.927. The third-order valence-electron chi connectivity index (χ3n) is 4.23. The number of amides is 1. The number of carbonyl (C=O) groups excluding carboxylic acids is 1. The van der Waals surface area contributed by atoms with Crippen LogP contribution in [-0.2, 0) is 11.0 Å². The summed E-state index contributed by atoms with van der Waals surface area (Å²) in [5.74, 6) is -0.690. The molecule has 0 spiro atoms. The van der Waals surface area contributed by atoms with Gasteiger partial charge >= 0.3 is 6.18 Å². The summed E-state index contributed by atoms with van der Waals surface area (Å²) >= 11 is 0. The van der Waals surface area contributed by atoms with Crippen LogP contribution in [0.25, 0.3) is 0 Å². The van der Waals surface area contributed by atoms with Gasteiger partial charge in [0.2, 0.25) is 5.91 Å². The van der Waals surface area contributed by atoms with Crippen LogP contribution in [0.15, 0.2) is 18.2 Å². The van der Waals surface area contributed by atoms with E-state index in [4.69, 9.17) is 5.73 Å². The van der Waals surface area contributed by atoms with Gasteiger partial charge in [0.15, 0.2) is 0 Å². The van der Waals surface area contributed by atoms with Gasteiger partial charge in [0.1, 0.15) is 0 Å². The van der Waals surface area contributed by atoms with Crippen LogP contribution in [0.4, 0.5) is 18.9 Å². The first-order valence-corrected chi connectivity index (χ1v) is 7.45. The fourth-order valence-corrected chi connectivity index (χ4v) is 2.91. The molecular weight excluding hydrogens is 293 g/mol. The van der Waals surface area contributed by atoms with Gasteiger partial charge in [-0.2, -0.15) is 13.2 Å². The van der Waals surface area contributed by atoms with E-state index < -0.39 is 11.7 Å². The predicted octanol–water partition coefficient (Wildman–Crippen LogP) is 3.53. The Labute approximate surface area is 128 Å². The second-order valence-electron chi connectivity index (χ2n) is 6.09. The summed E-state index contributed by atoms with van der Waals surface area (Å²) in [6.07, 6.45) is -3.19. The van der Waals surface area contributed by atoms with Gasteiger partial charge in [-0.05, 0) is 36.5 Å². The van der Waals surface area contributed by atoms with E-state index in [-0.39, 0.29) is 17.7 Å². The van der Waals surface area contributed by atoms with Crippen LogP contribution in [0.5, 0.6) is 0 Å². The fraction of sp³-hybridized carbons (Fsp3) is 0.562. The average Bonchev–Trinajstić information content (AvgIpc) is 2.45. The minimum atomic E-state index is -4.36. The third-order valence-corrected chi connectivity index (χ3v) is 4.23. The van der Waals surface area contributed by atoms with Gasteiger partial charge in [0.25, 0.3) is 0 Å². The number of primary amides is 1. The molecule has 0 bridgehead atoms. The fourth-order valence-electron chi connectivity index (χ4n) is 2.91. The Balaban J connectivity index is 2.25. The van der Waals surface area contributed by atoms with Crippen LogP contribution < -0.4 is 10.6 Å². The zero-order valence-electron chi connectivity index (χ0n) is 12.8. The Kier molecular flexibility index (Phi) is 4.68. The van der Waals surface area contributed by atoms with Crippen LogP contribution in [0.2, 0.25) is 0 Å². The molecule has 2 rings (SSSR count). The van der Waals surface area contributed by atoms with E-state index in [0.717, 1.165) is 0 Å². The molecule has 1 heterocycles. The van der Waals surface area contributed by atoms with E-state index in [1.165, 1.54) is 6.07 Å². The number of alkyl halides is 3. The van der Waals surface area contributed by atoms with Gasteiger partial charge in [-0.15, -0.1) is 0 Å². The normalized spacial score (nSPS) is 17.1. The minimum Gasteiger partial charge on any atom is -0.371 e. The van der Waals surface area contributed by atoms with Crippen molar-refractivity contribution in [2.45, 2.75) is 38.8 Å². The van der Waals surface area contributed by atoms with Crippen molar-refractivity contribution in [2.24, 2.45) is 11.7 Å². The van der Waals surface area contributed by atoms with Gasteiger partial charge in [-0.3, -0.25) is 4.79 Å². The molecule has 0 atom stereocenters. The Morgan fingerprint density at radius 1 is 1.27 bits per heavy atom. The molecule has 0 aliphatic carbocycles. The van der Waals surface area contributed by atoms with E-state index in [1.54, 1.807) is 26.0 Å². The molecule has 1 aromatic carbocycles. The molecule has 0 radical (unpaired) electrons. The van der Waals surface area contributed by atoms with Gasteiger partial charge in [-0.1, -0.05) is 19.9 Å². The Morgan fingerprint density at radius 3 is 2.32 bits per heavy atom. The summed E-state index contributed by atoms with van der Waals surface area (Å²) in [6, 6.07) is 4.51. The lowest BCUT2D eigenvalue weighted by atomic mass is 9.93. The lowest BCUT2D eigenvalue weighted by Crippen LogP contribution is -2.38. The standard InChI is InChI=1S/C16H21F3N2O/c1-10(2)13-4-3-12(9-14(13)16(17,18)19)21-7-5-11(6-8-21)15(20)22/h3-4,9-11H,5-8H2,1-2H3,(H2,20,22). The highest BCUT2D eigenvalue weighted by Crippen LogP contribution is 2.38. The first-order chi connectivity index (χ1) is 10.2. The van der Waals surface area contributed by atoms with Crippen LogP contribution in [0.3, 0.4) is 0 Å². The minimum absolute atomic E-state index is 0.173. The van der Waals surface area contributed by atoms with Crippen molar-refractivity contribution in [3.05, 3.63) is 29.3 Å². The monoisotopic (exact) mass is 314 g/mol. The lowest BCUT2D eigenvalue weighted by Gasteiger charge is -2.33. The Hall–Kier alpha value is -1.72. The highest BCUT2D eigenvalue weighted by molar-refractivity contribution is 5.77. The second-order valence-corrected chi connectivity index (χ2v) is 6.09. The summed E-state index contributed by atoms with van der Waals surface area (Å²) in [5, 5.41) is 0. The molecule has 22 heavy (non-hydrogen) atoms. The first kappa shape index (κ1) is 16.6. The molecule has 3 nitrogen and oxygen atoms in total. The SMILES string of the molecule is CC(C)c1ccc(N2CCC(C(N)=O)CC2)cc1C(F)(F)F. The van der Waals surface area contributed by atoms with Gasteiger partial charge < -0.3 is 10.6 Å². The van der Waals surface area contributed by atoms with Crippen LogP contribution in [-0.4, -0.2) is 19.0 Å². The number of hydrogen-bond acceptors (Lipinski definition) is 2. The highest BCUT2D eigenvalue weighted by Gasteiger charge is 2.35. The molecule has 0 aromatic heterocycles. The number of benzene rings is 1. The van der Waals surface area contributed by atoms with Crippen molar-refractivity contribution in [1.29, 1.82) is 0 Å². The number of nitrogens with zero attached hydrogens (tertiary/aromatic N) is 1. The average molecular weight is 314 g/mol. The van der Waals surface area contributed by atoms with E-state index >= 15 is 0 Å². The van der Waals surface area contributed by atoms with E-state index in [0.29, 0.717) is 37.2 Å². The first-order valence-electron chi connectivity index (χ1n) is 7.45. The molecule has 0 saturated carbocycles. The zero-order valence-corrected chi connectivity index (χ0v) is 12.8. The number of piperidine rings is 1. The molecule has 1 fully saturated rings. The zero-order chi connectivity index (χ0) is 16.5. The van der Waals surface area contributed by atoms with E-state index in [9.17, 15) is 18.0 Å². The molecular formula is C16H21F3N2O. The maximum Gasteiger partial charge on any atom is 0.416 e. The largest absolute Gasteiger partial charge is 0.416 e. The molecule has 2 N–H and O–H groups in total. The topological polar surface area (TPSA) is 46.3 Å². The summed E-state index contributed by atoms with van der Waals surface area (Å²) in [7, 11) is 0. The second kappa shape index (κ2) is 6.18. The maximum absolute atomic E-state index is 13.2. The predicted molar refractivity (Wildman–Crippen MR) is 79.7 cm³/mol. The Morgan fingerprint density at radius 2 is 1.86 bits per heavy atom. The van der Waals surface area contributed by atoms with Crippen LogP contribution in [0, 0.1) is 5.92 Å². The number of rotatable bonds is 3. The molecule has 122 valence electrons. The van der Waals surface area contributed by atoms with Crippen molar-refractivity contribution in [2.75, 3.05) is 18.0 Å². The van der Waals surface area contributed by atoms with E-state index in [1.807, 2.05) is 4.90 Å². The van der Waals surface area contributed by atoms with E-state index in [2.05, 4.69) is 0 Å². The van der Waals surface area contributed by atoms with Crippen molar-refractivity contribution >= 4 is 11.6 Å². The number of anilines is 1. The van der Waals surface area contributed by atoms with Gasteiger partial charge in [-0.25, -0.2) is 0 Å². The van der Waals surface area contributed by atoms with Gasteiger partial charge in [0, 0.05) is 24.7 Å². The van der Waals surface area contributed by atoms with Crippen molar-refractivity contribution in [3.8, 4) is 0 Å². The summed E-state index contributed by atoms with van der Waals surface area (Å²) in [6.45, 7) is 4.60. The third kappa shape index (κ3) is 3.54. The van der Waals surface area contributed by atoms with Crippen LogP contribution >= 0.6 is 0 Å².